The lowest BCUT2D eigenvalue weighted by atomic mass is 10.0. The summed E-state index contributed by atoms with van der Waals surface area (Å²) in [6.07, 6.45) is -1.27. The summed E-state index contributed by atoms with van der Waals surface area (Å²) in [5.74, 6) is 0.690. The molecule has 44 heavy (non-hydrogen) atoms. The molecule has 0 unspecified atom stereocenters. The molecule has 2 heterocycles. The van der Waals surface area contributed by atoms with Gasteiger partial charge in [-0.15, -0.1) is 11.3 Å². The number of alkyl halides is 1. The van der Waals surface area contributed by atoms with Crippen LogP contribution in [0.4, 0.5) is 4.39 Å². The number of nitrogens with one attached hydrogen (secondary N) is 1. The highest BCUT2D eigenvalue weighted by Gasteiger charge is 2.50. The molecule has 0 saturated heterocycles. The predicted octanol–water partition coefficient (Wildman–Crippen LogP) is 6.71. The second-order valence-electron chi connectivity index (χ2n) is 12.7. The van der Waals surface area contributed by atoms with Gasteiger partial charge in [0, 0.05) is 6.54 Å². The van der Waals surface area contributed by atoms with E-state index in [1.807, 2.05) is 78.2 Å². The lowest BCUT2D eigenvalue weighted by molar-refractivity contribution is 0.175. The minimum absolute atomic E-state index is 0.0424. The highest BCUT2D eigenvalue weighted by molar-refractivity contribution is 7.16. The Bertz CT molecular complexity index is 1660. The molecule has 5 nitrogen and oxygen atoms in total. The van der Waals surface area contributed by atoms with Crippen LogP contribution >= 0.6 is 11.3 Å². The lowest BCUT2D eigenvalue weighted by Crippen LogP contribution is -2.67. The molecule has 0 spiro atoms. The van der Waals surface area contributed by atoms with Gasteiger partial charge in [0.15, 0.2) is 0 Å². The zero-order valence-electron chi connectivity index (χ0n) is 26.2. The van der Waals surface area contributed by atoms with Crippen molar-refractivity contribution in [3.63, 3.8) is 0 Å². The van der Waals surface area contributed by atoms with Gasteiger partial charge in [0.1, 0.15) is 16.8 Å². The summed E-state index contributed by atoms with van der Waals surface area (Å²) in [5.41, 5.74) is 0.936. The van der Waals surface area contributed by atoms with Crippen molar-refractivity contribution in [3.8, 4) is 0 Å². The van der Waals surface area contributed by atoms with Crippen molar-refractivity contribution in [2.75, 3.05) is 13.2 Å². The van der Waals surface area contributed by atoms with E-state index in [1.165, 1.54) is 11.3 Å². The van der Waals surface area contributed by atoms with Crippen LogP contribution in [0.15, 0.2) is 107 Å². The van der Waals surface area contributed by atoms with Gasteiger partial charge in [0.2, 0.25) is 0 Å². The van der Waals surface area contributed by atoms with E-state index < -0.39 is 14.5 Å². The number of rotatable bonds is 12. The van der Waals surface area contributed by atoms with Crippen molar-refractivity contribution in [1.29, 1.82) is 0 Å². The van der Waals surface area contributed by atoms with E-state index in [0.717, 1.165) is 15.9 Å². The Labute approximate surface area is 264 Å². The van der Waals surface area contributed by atoms with Gasteiger partial charge in [-0.25, -0.2) is 9.37 Å². The van der Waals surface area contributed by atoms with Crippen LogP contribution in [0.3, 0.4) is 0 Å². The second-order valence-corrected chi connectivity index (χ2v) is 17.9. The number of hydrogen-bond donors (Lipinski definition) is 1. The molecule has 5 rings (SSSR count). The molecule has 0 aliphatic rings. The first-order valence-corrected chi connectivity index (χ1v) is 18.0. The van der Waals surface area contributed by atoms with Crippen LogP contribution in [0.1, 0.15) is 52.0 Å². The minimum atomic E-state index is -2.86. The molecule has 230 valence electrons. The van der Waals surface area contributed by atoms with Crippen molar-refractivity contribution >= 4 is 40.2 Å². The van der Waals surface area contributed by atoms with Gasteiger partial charge in [-0.05, 0) is 38.3 Å². The number of fused-ring (bicyclic) bond motifs is 1. The summed E-state index contributed by atoms with van der Waals surface area (Å²) < 4.78 is 24.6. The average Bonchev–Trinajstić information content (AvgIpc) is 3.49. The molecule has 2 atom stereocenters. The second kappa shape index (κ2) is 13.7. The minimum Gasteiger partial charge on any atom is -0.404 e. The Morgan fingerprint density at radius 2 is 1.48 bits per heavy atom. The van der Waals surface area contributed by atoms with E-state index in [0.29, 0.717) is 22.6 Å². The summed E-state index contributed by atoms with van der Waals surface area (Å²) in [5, 5.41) is 7.96. The summed E-state index contributed by atoms with van der Waals surface area (Å²) in [6, 6.07) is 32.0. The van der Waals surface area contributed by atoms with Crippen LogP contribution in [0, 0.1) is 5.92 Å². The summed E-state index contributed by atoms with van der Waals surface area (Å²) in [6.45, 7) is 11.1. The van der Waals surface area contributed by atoms with E-state index in [9.17, 15) is 4.79 Å². The van der Waals surface area contributed by atoms with Crippen molar-refractivity contribution in [1.82, 2.24) is 14.9 Å². The normalized spacial score (nSPS) is 13.8. The third kappa shape index (κ3) is 6.64. The maximum Gasteiger partial charge on any atom is 0.262 e. The Morgan fingerprint density at radius 1 is 0.909 bits per heavy atom. The molecule has 2 aromatic heterocycles. The molecule has 0 aliphatic heterocycles. The standard InChI is InChI=1S/C36H42FN3O2SSi/c1-26(2)32(33-39-34-31(21-22-43-34)35(41)40(33)24-27-15-9-6-10-16-27)38-23-28(37)25-42-44(36(3,4)5,29-17-11-7-12-18-29)30-19-13-8-14-20-30/h6-22,26,28,32,38H,23-25H2,1-5H3/t28-,32-/m1/s1. The van der Waals surface area contributed by atoms with Crippen molar-refractivity contribution in [2.45, 2.75) is 58.4 Å². The van der Waals surface area contributed by atoms with Gasteiger partial charge in [0.05, 0.1) is 24.6 Å². The lowest BCUT2D eigenvalue weighted by Gasteiger charge is -2.43. The van der Waals surface area contributed by atoms with Crippen molar-refractivity contribution in [3.05, 3.63) is 124 Å². The van der Waals surface area contributed by atoms with Crippen molar-refractivity contribution < 1.29 is 8.82 Å². The fourth-order valence-electron chi connectivity index (χ4n) is 6.04. The molecule has 0 saturated carbocycles. The van der Waals surface area contributed by atoms with Gasteiger partial charge in [0.25, 0.3) is 13.9 Å². The van der Waals surface area contributed by atoms with Crippen LogP contribution in [0.25, 0.3) is 10.2 Å². The Kier molecular flexibility index (Phi) is 9.95. The predicted molar refractivity (Wildman–Crippen MR) is 183 cm³/mol. The van der Waals surface area contributed by atoms with E-state index in [1.54, 1.807) is 4.57 Å². The van der Waals surface area contributed by atoms with Crippen LogP contribution in [0.2, 0.25) is 5.04 Å². The van der Waals surface area contributed by atoms with Crippen LogP contribution in [0.5, 0.6) is 0 Å². The Hall–Kier alpha value is -3.43. The summed E-state index contributed by atoms with van der Waals surface area (Å²) in [7, 11) is -2.86. The fraction of sp³-hybridized carbons (Fsp3) is 0.333. The molecular weight excluding hydrogens is 586 g/mol. The first-order valence-electron chi connectivity index (χ1n) is 15.3. The van der Waals surface area contributed by atoms with Gasteiger partial charge >= 0.3 is 0 Å². The fourth-order valence-corrected chi connectivity index (χ4v) is 11.4. The highest BCUT2D eigenvalue weighted by Crippen LogP contribution is 2.37. The smallest absolute Gasteiger partial charge is 0.262 e. The average molecular weight is 628 g/mol. The first-order chi connectivity index (χ1) is 21.1. The third-order valence-electron chi connectivity index (χ3n) is 8.20. The Balaban J connectivity index is 1.41. The number of halogens is 1. The van der Waals surface area contributed by atoms with E-state index in [-0.39, 0.29) is 35.7 Å². The van der Waals surface area contributed by atoms with E-state index >= 15 is 4.39 Å². The van der Waals surface area contributed by atoms with Crippen molar-refractivity contribution in [2.24, 2.45) is 5.92 Å². The highest BCUT2D eigenvalue weighted by atomic mass is 32.1. The largest absolute Gasteiger partial charge is 0.404 e. The molecule has 0 bridgehead atoms. The maximum absolute atomic E-state index is 16.0. The van der Waals surface area contributed by atoms with E-state index in [4.69, 9.17) is 9.41 Å². The van der Waals surface area contributed by atoms with Gasteiger partial charge in [-0.2, -0.15) is 0 Å². The number of benzene rings is 3. The monoisotopic (exact) mass is 627 g/mol. The van der Waals surface area contributed by atoms with Crippen LogP contribution in [-0.4, -0.2) is 37.2 Å². The quantitative estimate of drug-likeness (QED) is 0.156. The zero-order valence-corrected chi connectivity index (χ0v) is 28.0. The molecule has 0 fully saturated rings. The molecule has 1 N–H and O–H groups in total. The first kappa shape index (κ1) is 32.0. The molecule has 0 radical (unpaired) electrons. The molecule has 3 aromatic carbocycles. The zero-order chi connectivity index (χ0) is 31.3. The maximum atomic E-state index is 16.0. The SMILES string of the molecule is CC(C)[C@@H](NC[C@@H](F)CO[Si](c1ccccc1)(c1ccccc1)C(C)(C)C)c1nc2sccc2c(=O)n1Cc1ccccc1. The Morgan fingerprint density at radius 3 is 2.02 bits per heavy atom. The van der Waals surface area contributed by atoms with Gasteiger partial charge < -0.3 is 9.74 Å². The molecule has 0 aliphatic carbocycles. The van der Waals surface area contributed by atoms with Gasteiger partial charge in [-0.3, -0.25) is 9.36 Å². The summed E-state index contributed by atoms with van der Waals surface area (Å²) in [4.78, 5) is 19.3. The number of aromatic nitrogens is 2. The molecule has 5 aromatic rings. The number of hydrogen-bond acceptors (Lipinski definition) is 5. The number of nitrogens with zero attached hydrogens (tertiary/aromatic N) is 2. The molecular formula is C36H42FN3O2SSi. The summed E-state index contributed by atoms with van der Waals surface area (Å²) >= 11 is 1.45. The molecule has 8 heteroatoms. The topological polar surface area (TPSA) is 56.1 Å². The van der Waals surface area contributed by atoms with Crippen LogP contribution < -0.4 is 21.2 Å². The molecule has 0 amide bonds. The van der Waals surface area contributed by atoms with Crippen LogP contribution in [-0.2, 0) is 11.0 Å². The van der Waals surface area contributed by atoms with Gasteiger partial charge in [-0.1, -0.05) is 126 Å². The van der Waals surface area contributed by atoms with E-state index in [2.05, 4.69) is 64.2 Å². The third-order valence-corrected chi connectivity index (χ3v) is 14.0. The number of thiophene rings is 1.